The maximum atomic E-state index is 14.4. The number of rotatable bonds is 8. The summed E-state index contributed by atoms with van der Waals surface area (Å²) < 4.78 is 35.7. The molecule has 7 nitrogen and oxygen atoms in total. The van der Waals surface area contributed by atoms with Gasteiger partial charge in [-0.2, -0.15) is 5.10 Å². The number of methoxy groups -OCH3 is 1. The lowest BCUT2D eigenvalue weighted by molar-refractivity contribution is -0.125. The molecule has 4 N–H and O–H groups in total. The van der Waals surface area contributed by atoms with Crippen LogP contribution in [0.25, 0.3) is 10.9 Å². The molecule has 0 atom stereocenters. The number of carbonyl (C=O) groups excluding carboxylic acids is 1. The first kappa shape index (κ1) is 25.1. The van der Waals surface area contributed by atoms with Crippen LogP contribution in [0.4, 0.5) is 20.3 Å². The summed E-state index contributed by atoms with van der Waals surface area (Å²) in [6, 6.07) is 15.1. The van der Waals surface area contributed by atoms with Crippen molar-refractivity contribution in [1.29, 1.82) is 0 Å². The highest BCUT2D eigenvalue weighted by atomic mass is 19.1. The van der Waals surface area contributed by atoms with Gasteiger partial charge in [0.25, 0.3) is 0 Å². The molecule has 0 aliphatic rings. The Morgan fingerprint density at radius 2 is 1.86 bits per heavy atom. The second-order valence-electron chi connectivity index (χ2n) is 9.32. The third-order valence-corrected chi connectivity index (χ3v) is 5.80. The second kappa shape index (κ2) is 9.94. The van der Waals surface area contributed by atoms with Crippen LogP contribution in [-0.4, -0.2) is 28.3 Å². The Hall–Kier alpha value is -3.98. The van der Waals surface area contributed by atoms with E-state index in [0.717, 1.165) is 11.1 Å². The Morgan fingerprint density at radius 1 is 1.11 bits per heavy atom. The van der Waals surface area contributed by atoms with Crippen LogP contribution in [0, 0.1) is 18.6 Å². The number of nitrogens with one attached hydrogen (secondary N) is 2. The Kier molecular flexibility index (Phi) is 6.94. The predicted molar refractivity (Wildman–Crippen MR) is 136 cm³/mol. The predicted octanol–water partition coefficient (Wildman–Crippen LogP) is 4.78. The number of nitrogens with zero attached hydrogens (tertiary/aromatic N) is 2. The van der Waals surface area contributed by atoms with E-state index in [0.29, 0.717) is 46.8 Å². The zero-order valence-corrected chi connectivity index (χ0v) is 20.7. The average Bonchev–Trinajstić information content (AvgIpc) is 3.15. The van der Waals surface area contributed by atoms with E-state index in [2.05, 4.69) is 15.7 Å². The highest BCUT2D eigenvalue weighted by molar-refractivity contribution is 5.97. The van der Waals surface area contributed by atoms with Crippen molar-refractivity contribution < 1.29 is 18.3 Å². The fraction of sp³-hybridized carbons (Fsp3) is 0.259. The smallest absolute Gasteiger partial charge is 0.239 e. The molecular weight excluding hydrogens is 464 g/mol. The molecule has 0 aliphatic heterocycles. The molecule has 1 aromatic heterocycles. The van der Waals surface area contributed by atoms with Crippen LogP contribution in [0.15, 0.2) is 54.6 Å². The molecule has 0 radical (unpaired) electrons. The van der Waals surface area contributed by atoms with Gasteiger partial charge in [-0.1, -0.05) is 30.3 Å². The molecule has 0 spiro atoms. The van der Waals surface area contributed by atoms with Gasteiger partial charge < -0.3 is 21.1 Å². The van der Waals surface area contributed by atoms with Gasteiger partial charge in [-0.25, -0.2) is 8.78 Å². The molecule has 0 aliphatic carbocycles. The standard InChI is InChI=1S/C27H29F2N5O2/c1-16-8-9-20(13-21(16)29)32-25-24-22(11-19(28)12-23(24)36-4)34(33-25)15-18-7-5-6-17(10-18)14-31-26(35)27(2,3)30/h5-13H,14-15,30H2,1-4H3,(H,31,35)(H,32,33). The van der Waals surface area contributed by atoms with Crippen LogP contribution in [0.3, 0.4) is 0 Å². The number of aryl methyl sites for hydroxylation is 1. The van der Waals surface area contributed by atoms with E-state index >= 15 is 0 Å². The summed E-state index contributed by atoms with van der Waals surface area (Å²) in [6.45, 7) is 5.63. The van der Waals surface area contributed by atoms with Crippen molar-refractivity contribution in [3.05, 3.63) is 82.9 Å². The molecule has 0 saturated heterocycles. The third-order valence-electron chi connectivity index (χ3n) is 5.80. The lowest BCUT2D eigenvalue weighted by Crippen LogP contribution is -2.48. The van der Waals surface area contributed by atoms with E-state index in [1.807, 2.05) is 24.3 Å². The normalized spacial score (nSPS) is 11.5. The molecule has 4 aromatic rings. The van der Waals surface area contributed by atoms with Crippen molar-refractivity contribution in [1.82, 2.24) is 15.1 Å². The quantitative estimate of drug-likeness (QED) is 0.329. The van der Waals surface area contributed by atoms with Gasteiger partial charge in [-0.05, 0) is 49.6 Å². The van der Waals surface area contributed by atoms with Gasteiger partial charge in [0.15, 0.2) is 5.82 Å². The van der Waals surface area contributed by atoms with Crippen LogP contribution in [0.5, 0.6) is 5.75 Å². The minimum atomic E-state index is -0.974. The van der Waals surface area contributed by atoms with Crippen molar-refractivity contribution in [3.63, 3.8) is 0 Å². The summed E-state index contributed by atoms with van der Waals surface area (Å²) in [5, 5.41) is 11.2. The molecule has 1 heterocycles. The molecule has 3 aromatic carbocycles. The SMILES string of the molecule is COc1cc(F)cc2c1c(Nc1ccc(C)c(F)c1)nn2Cc1cccc(CNC(=O)C(C)(C)N)c1. The van der Waals surface area contributed by atoms with Crippen LogP contribution in [-0.2, 0) is 17.9 Å². The number of halogens is 2. The maximum absolute atomic E-state index is 14.4. The number of anilines is 2. The Labute approximate surface area is 208 Å². The highest BCUT2D eigenvalue weighted by Gasteiger charge is 2.21. The first-order valence-electron chi connectivity index (χ1n) is 11.5. The van der Waals surface area contributed by atoms with E-state index in [9.17, 15) is 13.6 Å². The second-order valence-corrected chi connectivity index (χ2v) is 9.32. The number of benzene rings is 3. The molecule has 9 heteroatoms. The molecule has 0 bridgehead atoms. The summed E-state index contributed by atoms with van der Waals surface area (Å²) in [5.41, 5.74) is 8.22. The van der Waals surface area contributed by atoms with Crippen LogP contribution in [0.1, 0.15) is 30.5 Å². The molecular formula is C27H29F2N5O2. The summed E-state index contributed by atoms with van der Waals surface area (Å²) in [6.07, 6.45) is 0. The summed E-state index contributed by atoms with van der Waals surface area (Å²) in [5.74, 6) is -0.333. The van der Waals surface area contributed by atoms with E-state index in [1.165, 1.54) is 25.3 Å². The average molecular weight is 494 g/mol. The van der Waals surface area contributed by atoms with Crippen molar-refractivity contribution in [2.75, 3.05) is 12.4 Å². The maximum Gasteiger partial charge on any atom is 0.239 e. The van der Waals surface area contributed by atoms with Crippen molar-refractivity contribution in [2.24, 2.45) is 5.73 Å². The van der Waals surface area contributed by atoms with Crippen molar-refractivity contribution in [2.45, 2.75) is 39.4 Å². The Morgan fingerprint density at radius 3 is 2.56 bits per heavy atom. The molecule has 0 unspecified atom stereocenters. The minimum Gasteiger partial charge on any atom is -0.496 e. The number of nitrogens with two attached hydrogens (primary N) is 1. The first-order chi connectivity index (χ1) is 17.0. The van der Waals surface area contributed by atoms with Gasteiger partial charge in [0.2, 0.25) is 5.91 Å². The highest BCUT2D eigenvalue weighted by Crippen LogP contribution is 2.35. The van der Waals surface area contributed by atoms with Crippen LogP contribution < -0.4 is 21.1 Å². The summed E-state index contributed by atoms with van der Waals surface area (Å²) >= 11 is 0. The van der Waals surface area contributed by atoms with Crippen LogP contribution >= 0.6 is 0 Å². The minimum absolute atomic E-state index is 0.253. The molecule has 36 heavy (non-hydrogen) atoms. The van der Waals surface area contributed by atoms with Gasteiger partial charge >= 0.3 is 0 Å². The van der Waals surface area contributed by atoms with E-state index in [1.54, 1.807) is 37.6 Å². The number of aromatic nitrogens is 2. The monoisotopic (exact) mass is 493 g/mol. The van der Waals surface area contributed by atoms with Crippen molar-refractivity contribution >= 4 is 28.3 Å². The lowest BCUT2D eigenvalue weighted by atomic mass is 10.1. The fourth-order valence-electron chi connectivity index (χ4n) is 3.83. The number of amides is 1. The van der Waals surface area contributed by atoms with E-state index < -0.39 is 11.4 Å². The first-order valence-corrected chi connectivity index (χ1v) is 11.5. The van der Waals surface area contributed by atoms with Gasteiger partial charge in [-0.3, -0.25) is 9.48 Å². The van der Waals surface area contributed by atoms with Gasteiger partial charge in [0.05, 0.1) is 30.1 Å². The number of fused-ring (bicyclic) bond motifs is 1. The molecule has 4 rings (SSSR count). The third kappa shape index (κ3) is 5.46. The van der Waals surface area contributed by atoms with Gasteiger partial charge in [-0.15, -0.1) is 0 Å². The molecule has 188 valence electrons. The lowest BCUT2D eigenvalue weighted by Gasteiger charge is -2.18. The van der Waals surface area contributed by atoms with E-state index in [-0.39, 0.29) is 11.7 Å². The number of carbonyl (C=O) groups is 1. The zero-order chi connectivity index (χ0) is 26.0. The van der Waals surface area contributed by atoms with Crippen molar-refractivity contribution in [3.8, 4) is 5.75 Å². The largest absolute Gasteiger partial charge is 0.496 e. The number of hydrogen-bond acceptors (Lipinski definition) is 5. The summed E-state index contributed by atoms with van der Waals surface area (Å²) in [7, 11) is 1.46. The Bertz CT molecular complexity index is 1430. The topological polar surface area (TPSA) is 94.2 Å². The fourth-order valence-corrected chi connectivity index (χ4v) is 3.83. The van der Waals surface area contributed by atoms with Gasteiger partial charge in [0, 0.05) is 24.4 Å². The van der Waals surface area contributed by atoms with E-state index in [4.69, 9.17) is 10.5 Å². The summed E-state index contributed by atoms with van der Waals surface area (Å²) in [4.78, 5) is 12.1. The Balaban J connectivity index is 1.67. The zero-order valence-electron chi connectivity index (χ0n) is 20.7. The molecule has 0 fully saturated rings. The van der Waals surface area contributed by atoms with Gasteiger partial charge in [0.1, 0.15) is 17.4 Å². The number of hydrogen-bond donors (Lipinski definition) is 3. The number of ether oxygens (including phenoxy) is 1. The molecule has 1 amide bonds. The molecule has 0 saturated carbocycles. The van der Waals surface area contributed by atoms with Crippen LogP contribution in [0.2, 0.25) is 0 Å².